The number of amides is 1. The molecule has 156 valence electrons. The van der Waals surface area contributed by atoms with Crippen molar-refractivity contribution in [1.82, 2.24) is 10.2 Å². The molecule has 0 fully saturated rings. The summed E-state index contributed by atoms with van der Waals surface area (Å²) in [5.74, 6) is -1.38. The van der Waals surface area contributed by atoms with Crippen molar-refractivity contribution in [3.05, 3.63) is 65.2 Å². The number of thioether (sulfide) groups is 1. The molecule has 2 atom stereocenters. The van der Waals surface area contributed by atoms with E-state index in [0.717, 1.165) is 23.4 Å². The molecule has 0 saturated heterocycles. The number of hydrogen-bond donors (Lipinski definition) is 1. The highest BCUT2D eigenvalue weighted by atomic mass is 32.2. The van der Waals surface area contributed by atoms with Crippen LogP contribution in [0.4, 0.5) is 0 Å². The van der Waals surface area contributed by atoms with Gasteiger partial charge in [0.05, 0.1) is 6.61 Å². The SMILES string of the molecule is CCOC(=O)[C@@H]1C(=O)NC(N2CCc3ccccc3C2)=N[C@@H]1c1ccc(SC)cc1. The number of guanidine groups is 1. The molecule has 0 radical (unpaired) electrons. The Bertz CT molecular complexity index is 974. The fourth-order valence-electron chi connectivity index (χ4n) is 3.94. The minimum atomic E-state index is -0.995. The van der Waals surface area contributed by atoms with Crippen LogP contribution in [-0.2, 0) is 27.3 Å². The van der Waals surface area contributed by atoms with Gasteiger partial charge in [0.15, 0.2) is 5.92 Å². The second kappa shape index (κ2) is 8.92. The van der Waals surface area contributed by atoms with Gasteiger partial charge in [-0.15, -0.1) is 11.8 Å². The average molecular weight is 424 g/mol. The van der Waals surface area contributed by atoms with Crippen molar-refractivity contribution in [2.24, 2.45) is 10.9 Å². The molecule has 2 aromatic rings. The van der Waals surface area contributed by atoms with Crippen molar-refractivity contribution in [1.29, 1.82) is 0 Å². The van der Waals surface area contributed by atoms with Gasteiger partial charge < -0.3 is 9.64 Å². The minimum Gasteiger partial charge on any atom is -0.465 e. The summed E-state index contributed by atoms with van der Waals surface area (Å²) >= 11 is 1.64. The van der Waals surface area contributed by atoms with Gasteiger partial charge in [-0.05, 0) is 48.4 Å². The smallest absolute Gasteiger partial charge is 0.321 e. The number of esters is 1. The Balaban J connectivity index is 1.68. The lowest BCUT2D eigenvalue weighted by molar-refractivity contribution is -0.153. The number of aliphatic imine (C=N–C) groups is 1. The first kappa shape index (κ1) is 20.5. The number of carbonyl (C=O) groups is 2. The summed E-state index contributed by atoms with van der Waals surface area (Å²) in [6.45, 7) is 3.40. The molecule has 0 aromatic heterocycles. The van der Waals surface area contributed by atoms with Gasteiger partial charge in [0.1, 0.15) is 6.04 Å². The van der Waals surface area contributed by atoms with Crippen LogP contribution in [0.3, 0.4) is 0 Å². The molecule has 6 nitrogen and oxygen atoms in total. The van der Waals surface area contributed by atoms with Gasteiger partial charge in [-0.3, -0.25) is 14.9 Å². The van der Waals surface area contributed by atoms with Gasteiger partial charge >= 0.3 is 5.97 Å². The largest absolute Gasteiger partial charge is 0.465 e. The molecule has 0 saturated carbocycles. The highest BCUT2D eigenvalue weighted by molar-refractivity contribution is 7.98. The Labute approximate surface area is 180 Å². The Morgan fingerprint density at radius 2 is 1.93 bits per heavy atom. The molecule has 2 aliphatic heterocycles. The van der Waals surface area contributed by atoms with E-state index < -0.39 is 17.9 Å². The molecule has 0 spiro atoms. The van der Waals surface area contributed by atoms with Crippen LogP contribution in [0.25, 0.3) is 0 Å². The summed E-state index contributed by atoms with van der Waals surface area (Å²) in [5, 5.41) is 2.86. The Hall–Kier alpha value is -2.80. The number of carbonyl (C=O) groups excluding carboxylic acids is 2. The van der Waals surface area contributed by atoms with Gasteiger partial charge in [0, 0.05) is 18.0 Å². The summed E-state index contributed by atoms with van der Waals surface area (Å²) in [6, 6.07) is 15.6. The van der Waals surface area contributed by atoms with E-state index in [2.05, 4.69) is 22.3 Å². The van der Waals surface area contributed by atoms with Crippen molar-refractivity contribution < 1.29 is 14.3 Å². The third kappa shape index (κ3) is 4.07. The first-order valence-corrected chi connectivity index (χ1v) is 11.3. The van der Waals surface area contributed by atoms with E-state index in [0.29, 0.717) is 12.5 Å². The Morgan fingerprint density at radius 1 is 1.20 bits per heavy atom. The molecule has 1 amide bonds. The van der Waals surface area contributed by atoms with E-state index in [1.165, 1.54) is 11.1 Å². The standard InChI is InChI=1S/C23H25N3O3S/c1-3-29-22(28)19-20(16-8-10-18(30-2)11-9-16)24-23(25-21(19)27)26-13-12-15-6-4-5-7-17(15)14-26/h4-11,19-20H,3,12-14H2,1-2H3,(H,24,25,27)/t19-,20+/m0/s1. The van der Waals surface area contributed by atoms with Crippen LogP contribution in [0, 0.1) is 5.92 Å². The molecule has 2 aromatic carbocycles. The van der Waals surface area contributed by atoms with Crippen molar-refractivity contribution in [2.45, 2.75) is 30.8 Å². The maximum Gasteiger partial charge on any atom is 0.321 e. The van der Waals surface area contributed by atoms with Crippen LogP contribution in [0.5, 0.6) is 0 Å². The lowest BCUT2D eigenvalue weighted by Crippen LogP contribution is -2.53. The topological polar surface area (TPSA) is 71.0 Å². The Kier molecular flexibility index (Phi) is 6.08. The number of nitrogens with zero attached hydrogens (tertiary/aromatic N) is 2. The van der Waals surface area contributed by atoms with Gasteiger partial charge in [0.2, 0.25) is 11.9 Å². The van der Waals surface area contributed by atoms with Crippen LogP contribution in [0.2, 0.25) is 0 Å². The highest BCUT2D eigenvalue weighted by Crippen LogP contribution is 2.32. The second-order valence-corrected chi connectivity index (χ2v) is 8.21. The summed E-state index contributed by atoms with van der Waals surface area (Å²) in [6.07, 6.45) is 2.90. The number of rotatable bonds is 4. The predicted molar refractivity (Wildman–Crippen MR) is 117 cm³/mol. The number of nitrogens with one attached hydrogen (secondary N) is 1. The van der Waals surface area contributed by atoms with Crippen LogP contribution in [0.1, 0.15) is 29.7 Å². The third-order valence-electron chi connectivity index (χ3n) is 5.52. The zero-order valence-electron chi connectivity index (χ0n) is 17.1. The van der Waals surface area contributed by atoms with Crippen molar-refractivity contribution in [3.63, 3.8) is 0 Å². The Morgan fingerprint density at radius 3 is 2.63 bits per heavy atom. The average Bonchev–Trinajstić information content (AvgIpc) is 2.78. The van der Waals surface area contributed by atoms with Gasteiger partial charge in [-0.2, -0.15) is 0 Å². The number of fused-ring (bicyclic) bond motifs is 1. The number of ether oxygens (including phenoxy) is 1. The van der Waals surface area contributed by atoms with E-state index in [4.69, 9.17) is 9.73 Å². The molecule has 0 unspecified atom stereocenters. The molecule has 1 N–H and O–H groups in total. The molecule has 30 heavy (non-hydrogen) atoms. The number of hydrogen-bond acceptors (Lipinski definition) is 6. The monoisotopic (exact) mass is 423 g/mol. The first-order valence-electron chi connectivity index (χ1n) is 10.1. The van der Waals surface area contributed by atoms with Crippen LogP contribution in [-0.4, -0.2) is 42.1 Å². The first-order chi connectivity index (χ1) is 14.6. The van der Waals surface area contributed by atoms with Gasteiger partial charge in [0.25, 0.3) is 0 Å². The maximum atomic E-state index is 13.0. The van der Waals surface area contributed by atoms with Crippen LogP contribution < -0.4 is 5.32 Å². The third-order valence-corrected chi connectivity index (χ3v) is 6.27. The van der Waals surface area contributed by atoms with E-state index in [-0.39, 0.29) is 12.5 Å². The molecule has 2 aliphatic rings. The fourth-order valence-corrected chi connectivity index (χ4v) is 4.35. The quantitative estimate of drug-likeness (QED) is 0.465. The lowest BCUT2D eigenvalue weighted by Gasteiger charge is -2.36. The second-order valence-electron chi connectivity index (χ2n) is 7.33. The highest BCUT2D eigenvalue weighted by Gasteiger charge is 2.42. The van der Waals surface area contributed by atoms with Crippen LogP contribution in [0.15, 0.2) is 58.4 Å². The zero-order valence-corrected chi connectivity index (χ0v) is 17.9. The maximum absolute atomic E-state index is 13.0. The molecule has 7 heteroatoms. The van der Waals surface area contributed by atoms with E-state index >= 15 is 0 Å². The molecule has 0 bridgehead atoms. The molecule has 4 rings (SSSR count). The molecular weight excluding hydrogens is 398 g/mol. The summed E-state index contributed by atoms with van der Waals surface area (Å²) in [5.41, 5.74) is 3.38. The molecule has 2 heterocycles. The van der Waals surface area contributed by atoms with E-state index in [9.17, 15) is 9.59 Å². The predicted octanol–water partition coefficient (Wildman–Crippen LogP) is 3.17. The molecular formula is C23H25N3O3S. The zero-order chi connectivity index (χ0) is 21.1. The normalized spacial score (nSPS) is 20.8. The summed E-state index contributed by atoms with van der Waals surface area (Å²) in [4.78, 5) is 33.6. The number of benzene rings is 2. The minimum absolute atomic E-state index is 0.222. The van der Waals surface area contributed by atoms with Crippen molar-refractivity contribution >= 4 is 29.6 Å². The van der Waals surface area contributed by atoms with E-state index in [1.54, 1.807) is 18.7 Å². The molecule has 0 aliphatic carbocycles. The van der Waals surface area contributed by atoms with E-state index in [1.807, 2.05) is 42.7 Å². The van der Waals surface area contributed by atoms with Crippen molar-refractivity contribution in [3.8, 4) is 0 Å². The van der Waals surface area contributed by atoms with Gasteiger partial charge in [-0.25, -0.2) is 4.99 Å². The van der Waals surface area contributed by atoms with Crippen LogP contribution >= 0.6 is 11.8 Å². The fraction of sp³-hybridized carbons (Fsp3) is 0.348. The summed E-state index contributed by atoms with van der Waals surface area (Å²) in [7, 11) is 0. The summed E-state index contributed by atoms with van der Waals surface area (Å²) < 4.78 is 5.19. The van der Waals surface area contributed by atoms with Gasteiger partial charge in [-0.1, -0.05) is 36.4 Å². The lowest BCUT2D eigenvalue weighted by atomic mass is 9.91. The van der Waals surface area contributed by atoms with Crippen molar-refractivity contribution in [2.75, 3.05) is 19.4 Å².